The summed E-state index contributed by atoms with van der Waals surface area (Å²) in [5.74, 6) is 0.309. The Kier molecular flexibility index (Phi) is 7.83. The van der Waals surface area contributed by atoms with Crippen LogP contribution in [0.2, 0.25) is 0 Å². The molecule has 1 amide bonds. The van der Waals surface area contributed by atoms with Crippen molar-refractivity contribution in [3.8, 4) is 0 Å². The first-order chi connectivity index (χ1) is 20.5. The Morgan fingerprint density at radius 2 is 1.67 bits per heavy atom. The van der Waals surface area contributed by atoms with Gasteiger partial charge >= 0.3 is 0 Å². The van der Waals surface area contributed by atoms with Crippen LogP contribution in [-0.4, -0.2) is 31.8 Å². The van der Waals surface area contributed by atoms with Gasteiger partial charge in [-0.1, -0.05) is 78.5 Å². The summed E-state index contributed by atoms with van der Waals surface area (Å²) < 4.78 is 1.67. The van der Waals surface area contributed by atoms with Crippen LogP contribution in [0.4, 0.5) is 5.69 Å². The number of fused-ring (bicyclic) bond motifs is 2. The predicted octanol–water partition coefficient (Wildman–Crippen LogP) is 6.04. The van der Waals surface area contributed by atoms with E-state index in [-0.39, 0.29) is 17.2 Å². The zero-order valence-corrected chi connectivity index (χ0v) is 23.6. The number of nitrogens with zero attached hydrogens (tertiary/aromatic N) is 4. The number of non-ortho nitro benzene ring substituents is 1. The highest BCUT2D eigenvalue weighted by Crippen LogP contribution is 2.26. The summed E-state index contributed by atoms with van der Waals surface area (Å²) in [5, 5.41) is 12.2. The molecular formula is C33H28N4O4S. The van der Waals surface area contributed by atoms with E-state index in [0.29, 0.717) is 53.4 Å². The molecule has 0 N–H and O–H groups in total. The first-order valence-corrected chi connectivity index (χ1v) is 14.8. The Hall–Kier alpha value is -4.76. The van der Waals surface area contributed by atoms with E-state index in [2.05, 4.69) is 12.1 Å². The quantitative estimate of drug-likeness (QED) is 0.0967. The summed E-state index contributed by atoms with van der Waals surface area (Å²) in [7, 11) is 0. The van der Waals surface area contributed by atoms with E-state index in [1.165, 1.54) is 29.5 Å². The molecule has 4 aromatic carbocycles. The van der Waals surface area contributed by atoms with Crippen LogP contribution in [0, 0.1) is 10.1 Å². The van der Waals surface area contributed by atoms with Gasteiger partial charge in [0.05, 0.1) is 15.8 Å². The third kappa shape index (κ3) is 5.82. The normalized spacial score (nSPS) is 12.7. The van der Waals surface area contributed by atoms with Crippen molar-refractivity contribution >= 4 is 34.3 Å². The molecular weight excluding hydrogens is 548 g/mol. The molecule has 9 heteroatoms. The van der Waals surface area contributed by atoms with Gasteiger partial charge < -0.3 is 4.90 Å². The van der Waals surface area contributed by atoms with Gasteiger partial charge in [-0.2, -0.15) is 0 Å². The number of rotatable bonds is 8. The fourth-order valence-corrected chi connectivity index (χ4v) is 6.25. The van der Waals surface area contributed by atoms with Crippen molar-refractivity contribution < 1.29 is 9.72 Å². The van der Waals surface area contributed by atoms with Crippen molar-refractivity contribution in [3.63, 3.8) is 0 Å². The van der Waals surface area contributed by atoms with E-state index in [9.17, 15) is 19.7 Å². The smallest absolute Gasteiger partial charge is 0.269 e. The number of aryl methyl sites for hydroxylation is 1. The number of carbonyl (C=O) groups is 1. The highest BCUT2D eigenvalue weighted by molar-refractivity contribution is 7.98. The first-order valence-electron chi connectivity index (χ1n) is 13.8. The molecule has 0 saturated heterocycles. The maximum atomic E-state index is 13.8. The Morgan fingerprint density at radius 1 is 0.905 bits per heavy atom. The van der Waals surface area contributed by atoms with Crippen LogP contribution >= 0.6 is 11.8 Å². The fraction of sp³-hybridized carbons (Fsp3) is 0.182. The lowest BCUT2D eigenvalue weighted by Crippen LogP contribution is -2.36. The number of carbonyl (C=O) groups excluding carboxylic acids is 1. The summed E-state index contributed by atoms with van der Waals surface area (Å²) in [5.41, 5.74) is 5.06. The van der Waals surface area contributed by atoms with Crippen molar-refractivity contribution in [2.45, 2.75) is 36.8 Å². The van der Waals surface area contributed by atoms with Crippen molar-refractivity contribution in [1.29, 1.82) is 0 Å². The summed E-state index contributed by atoms with van der Waals surface area (Å²) in [6, 6.07) is 29.7. The molecule has 0 unspecified atom stereocenters. The third-order valence-electron chi connectivity index (χ3n) is 7.54. The molecule has 0 radical (unpaired) electrons. The SMILES string of the molecule is O=C(c1ccc2c(=O)n(CCc3ccccc3)c(SCc3cccc([N+](=O)[O-])c3)nc2c1)N1CCc2ccccc2C1. The van der Waals surface area contributed by atoms with Crippen LogP contribution in [0.5, 0.6) is 0 Å². The molecule has 0 saturated carbocycles. The average molecular weight is 577 g/mol. The first kappa shape index (κ1) is 27.4. The number of thioether (sulfide) groups is 1. The Bertz CT molecular complexity index is 1860. The molecule has 6 rings (SSSR count). The van der Waals surface area contributed by atoms with Gasteiger partial charge in [0, 0.05) is 43.1 Å². The molecule has 2 heterocycles. The van der Waals surface area contributed by atoms with Crippen LogP contribution in [0.15, 0.2) is 107 Å². The lowest BCUT2D eigenvalue weighted by atomic mass is 9.99. The lowest BCUT2D eigenvalue weighted by molar-refractivity contribution is -0.384. The summed E-state index contributed by atoms with van der Waals surface area (Å²) in [6.45, 7) is 1.61. The predicted molar refractivity (Wildman–Crippen MR) is 164 cm³/mol. The maximum Gasteiger partial charge on any atom is 0.269 e. The Balaban J connectivity index is 1.32. The summed E-state index contributed by atoms with van der Waals surface area (Å²) >= 11 is 1.35. The second-order valence-corrected chi connectivity index (χ2v) is 11.2. The Labute approximate surface area is 246 Å². The minimum absolute atomic E-state index is 0.0181. The fourth-order valence-electron chi connectivity index (χ4n) is 5.29. The number of hydrogen-bond donors (Lipinski definition) is 0. The topological polar surface area (TPSA) is 98.3 Å². The van der Waals surface area contributed by atoms with E-state index in [0.717, 1.165) is 23.1 Å². The number of benzene rings is 4. The molecule has 0 bridgehead atoms. The maximum absolute atomic E-state index is 13.8. The molecule has 5 aromatic rings. The van der Waals surface area contributed by atoms with E-state index in [4.69, 9.17) is 4.98 Å². The highest BCUT2D eigenvalue weighted by Gasteiger charge is 2.23. The number of amides is 1. The molecule has 210 valence electrons. The van der Waals surface area contributed by atoms with Gasteiger partial charge in [0.25, 0.3) is 17.2 Å². The van der Waals surface area contributed by atoms with Crippen LogP contribution in [-0.2, 0) is 31.7 Å². The van der Waals surface area contributed by atoms with Crippen molar-refractivity contribution in [3.05, 3.63) is 145 Å². The molecule has 0 spiro atoms. The molecule has 0 atom stereocenters. The summed E-state index contributed by atoms with van der Waals surface area (Å²) in [6.07, 6.45) is 1.45. The molecule has 1 aliphatic heterocycles. The second-order valence-electron chi connectivity index (χ2n) is 10.3. The molecule has 0 aliphatic carbocycles. The monoisotopic (exact) mass is 576 g/mol. The molecule has 1 aromatic heterocycles. The van der Waals surface area contributed by atoms with Crippen LogP contribution in [0.1, 0.15) is 32.6 Å². The molecule has 8 nitrogen and oxygen atoms in total. The zero-order chi connectivity index (χ0) is 29.1. The average Bonchev–Trinajstić information content (AvgIpc) is 3.03. The molecule has 0 fully saturated rings. The van der Waals surface area contributed by atoms with E-state index < -0.39 is 4.92 Å². The van der Waals surface area contributed by atoms with Crippen molar-refractivity contribution in [2.24, 2.45) is 0 Å². The number of aromatic nitrogens is 2. The highest BCUT2D eigenvalue weighted by atomic mass is 32.2. The minimum atomic E-state index is -0.419. The third-order valence-corrected chi connectivity index (χ3v) is 8.59. The van der Waals surface area contributed by atoms with Crippen LogP contribution < -0.4 is 5.56 Å². The summed E-state index contributed by atoms with van der Waals surface area (Å²) in [4.78, 5) is 44.8. The van der Waals surface area contributed by atoms with Gasteiger partial charge in [-0.15, -0.1) is 0 Å². The number of nitro groups is 1. The zero-order valence-electron chi connectivity index (χ0n) is 22.8. The second kappa shape index (κ2) is 12.0. The van der Waals surface area contributed by atoms with Gasteiger partial charge in [0.2, 0.25) is 0 Å². The van der Waals surface area contributed by atoms with Gasteiger partial charge in [-0.3, -0.25) is 24.3 Å². The largest absolute Gasteiger partial charge is 0.334 e. The molecule has 1 aliphatic rings. The number of hydrogen-bond acceptors (Lipinski definition) is 6. The van der Waals surface area contributed by atoms with Gasteiger partial charge in [0.1, 0.15) is 0 Å². The van der Waals surface area contributed by atoms with Gasteiger partial charge in [0.15, 0.2) is 5.16 Å². The number of nitro benzene ring substituents is 1. The Morgan fingerprint density at radius 3 is 2.48 bits per heavy atom. The molecule has 42 heavy (non-hydrogen) atoms. The lowest BCUT2D eigenvalue weighted by Gasteiger charge is -2.29. The minimum Gasteiger partial charge on any atom is -0.334 e. The van der Waals surface area contributed by atoms with E-state index in [1.807, 2.05) is 53.4 Å². The van der Waals surface area contributed by atoms with E-state index in [1.54, 1.807) is 28.8 Å². The van der Waals surface area contributed by atoms with E-state index >= 15 is 0 Å². The van der Waals surface area contributed by atoms with Crippen molar-refractivity contribution in [1.82, 2.24) is 14.5 Å². The van der Waals surface area contributed by atoms with Crippen LogP contribution in [0.25, 0.3) is 10.9 Å². The van der Waals surface area contributed by atoms with Crippen LogP contribution in [0.3, 0.4) is 0 Å². The van der Waals surface area contributed by atoms with Gasteiger partial charge in [-0.25, -0.2) is 4.98 Å². The van der Waals surface area contributed by atoms with Gasteiger partial charge in [-0.05, 0) is 53.3 Å². The van der Waals surface area contributed by atoms with Crippen molar-refractivity contribution in [2.75, 3.05) is 6.54 Å². The standard InChI is InChI=1S/C33H28N4O4S/c38-31(35-17-16-25-10-4-5-11-27(25)21-35)26-13-14-29-30(20-26)34-33(42-22-24-9-6-12-28(19-24)37(40)41)36(32(29)39)18-15-23-7-2-1-3-8-23/h1-14,19-20H,15-18,21-22H2.